The number of rotatable bonds is 9. The summed E-state index contributed by atoms with van der Waals surface area (Å²) in [6, 6.07) is 8.72. The molecule has 2 aliphatic rings. The second-order valence-electron chi connectivity index (χ2n) is 8.82. The van der Waals surface area contributed by atoms with E-state index in [4.69, 9.17) is 4.74 Å². The van der Waals surface area contributed by atoms with Crippen LogP contribution in [0.4, 0.5) is 0 Å². The molecule has 0 aromatic heterocycles. The number of ether oxygens (including phenoxy) is 1. The van der Waals surface area contributed by atoms with Crippen LogP contribution in [-0.4, -0.2) is 104 Å². The number of carbonyl (C=O) groups is 1. The number of aliphatic hydroxyl groups is 1. The van der Waals surface area contributed by atoms with Gasteiger partial charge in [-0.25, -0.2) is 4.99 Å². The highest BCUT2D eigenvalue weighted by atomic mass is 16.5. The topological polar surface area (TPSA) is 81.0 Å². The minimum absolute atomic E-state index is 0.233. The Morgan fingerprint density at radius 1 is 1.30 bits per heavy atom. The minimum Gasteiger partial charge on any atom is -0.390 e. The highest BCUT2D eigenvalue weighted by molar-refractivity contribution is 6.43. The van der Waals surface area contributed by atoms with E-state index in [1.807, 2.05) is 11.9 Å². The second-order valence-corrected chi connectivity index (χ2v) is 8.82. The molecule has 0 spiro atoms. The van der Waals surface area contributed by atoms with Crippen LogP contribution in [0.2, 0.25) is 0 Å². The maximum Gasteiger partial charge on any atom is 0.271 e. The molecule has 1 atom stereocenters. The third kappa shape index (κ3) is 6.72. The van der Waals surface area contributed by atoms with Gasteiger partial charge in [0.2, 0.25) is 0 Å². The molecule has 1 fully saturated rings. The van der Waals surface area contributed by atoms with Gasteiger partial charge >= 0.3 is 0 Å². The standard InChI is InChI=1S/C25H37N5O3/c1-26-23(15-24(27-2)29(4)21-10-13-33-14-11-21)25(32)28(3)17-22(31)18-30-12-9-19-7-5-6-8-20(19)16-30/h5-8,15,21-22,31H,2,9-14,16-18H2,1,3-4H3/b24-15+,26-23+/t22-/m0/s1. The number of amides is 1. The summed E-state index contributed by atoms with van der Waals surface area (Å²) in [5.74, 6) is 0.360. The number of benzene rings is 1. The largest absolute Gasteiger partial charge is 0.390 e. The molecule has 1 aromatic carbocycles. The second kappa shape index (κ2) is 12.1. The lowest BCUT2D eigenvalue weighted by atomic mass is 10.00. The van der Waals surface area contributed by atoms with E-state index in [-0.39, 0.29) is 24.2 Å². The Hall–Kier alpha value is -2.55. The number of aliphatic hydroxyl groups excluding tert-OH is 1. The van der Waals surface area contributed by atoms with Crippen LogP contribution in [0.5, 0.6) is 0 Å². The predicted molar refractivity (Wildman–Crippen MR) is 132 cm³/mol. The van der Waals surface area contributed by atoms with E-state index in [0.717, 1.165) is 45.6 Å². The van der Waals surface area contributed by atoms with Crippen molar-refractivity contribution in [3.05, 3.63) is 47.3 Å². The zero-order valence-corrected chi connectivity index (χ0v) is 20.1. The summed E-state index contributed by atoms with van der Waals surface area (Å²) in [6.07, 6.45) is 3.82. The molecule has 0 radical (unpaired) electrons. The van der Waals surface area contributed by atoms with Gasteiger partial charge in [0.15, 0.2) is 0 Å². The van der Waals surface area contributed by atoms with Crippen molar-refractivity contribution in [2.24, 2.45) is 9.98 Å². The van der Waals surface area contributed by atoms with Gasteiger partial charge in [0.1, 0.15) is 11.5 Å². The van der Waals surface area contributed by atoms with Crippen molar-refractivity contribution < 1.29 is 14.6 Å². The molecule has 33 heavy (non-hydrogen) atoms. The highest BCUT2D eigenvalue weighted by Gasteiger charge is 2.24. The number of likely N-dealkylation sites (N-methyl/N-ethyl adjacent to an activating group) is 1. The van der Waals surface area contributed by atoms with Crippen LogP contribution in [0.1, 0.15) is 24.0 Å². The molecule has 2 heterocycles. The minimum atomic E-state index is -0.645. The van der Waals surface area contributed by atoms with Gasteiger partial charge in [0, 0.05) is 72.7 Å². The van der Waals surface area contributed by atoms with E-state index in [2.05, 4.69) is 45.9 Å². The predicted octanol–water partition coefficient (Wildman–Crippen LogP) is 1.59. The number of hydrogen-bond donors (Lipinski definition) is 1. The molecule has 8 heteroatoms. The van der Waals surface area contributed by atoms with Gasteiger partial charge in [-0.15, -0.1) is 0 Å². The summed E-state index contributed by atoms with van der Waals surface area (Å²) in [5.41, 5.74) is 2.98. The molecule has 3 rings (SSSR count). The Bertz CT molecular complexity index is 879. The molecule has 0 bridgehead atoms. The summed E-state index contributed by atoms with van der Waals surface area (Å²) < 4.78 is 5.44. The van der Waals surface area contributed by atoms with Crippen molar-refractivity contribution >= 4 is 18.3 Å². The van der Waals surface area contributed by atoms with Crippen molar-refractivity contribution in [2.75, 3.05) is 54.0 Å². The van der Waals surface area contributed by atoms with Crippen LogP contribution < -0.4 is 0 Å². The van der Waals surface area contributed by atoms with Crippen LogP contribution in [0, 0.1) is 0 Å². The van der Waals surface area contributed by atoms with Gasteiger partial charge in [-0.05, 0) is 37.1 Å². The van der Waals surface area contributed by atoms with E-state index in [1.165, 1.54) is 16.0 Å². The lowest BCUT2D eigenvalue weighted by Crippen LogP contribution is -2.44. The van der Waals surface area contributed by atoms with Crippen molar-refractivity contribution in [1.29, 1.82) is 0 Å². The average molecular weight is 456 g/mol. The van der Waals surface area contributed by atoms with E-state index < -0.39 is 6.10 Å². The number of β-amino-alcohol motifs (C(OH)–C–C–N with tert-alkyl or cyclic N) is 1. The number of nitrogens with zero attached hydrogens (tertiary/aromatic N) is 5. The molecule has 1 amide bonds. The smallest absolute Gasteiger partial charge is 0.271 e. The molecule has 1 saturated heterocycles. The van der Waals surface area contributed by atoms with Crippen LogP contribution in [0.15, 0.2) is 46.1 Å². The van der Waals surface area contributed by atoms with Crippen LogP contribution >= 0.6 is 0 Å². The zero-order valence-electron chi connectivity index (χ0n) is 20.1. The third-order valence-corrected chi connectivity index (χ3v) is 6.50. The maximum absolute atomic E-state index is 13.0. The fourth-order valence-electron chi connectivity index (χ4n) is 4.52. The number of fused-ring (bicyclic) bond motifs is 1. The van der Waals surface area contributed by atoms with E-state index in [9.17, 15) is 9.90 Å². The van der Waals surface area contributed by atoms with E-state index >= 15 is 0 Å². The fraction of sp³-hybridized carbons (Fsp3) is 0.560. The van der Waals surface area contributed by atoms with Crippen LogP contribution in [0.3, 0.4) is 0 Å². The molecule has 0 saturated carbocycles. The SMILES string of the molecule is C=N/C(=C\C(=N/C)C(=O)N(C)C[C@H](O)CN1CCc2ccccc2C1)N(C)C1CCOCC1. The van der Waals surface area contributed by atoms with Crippen molar-refractivity contribution in [3.8, 4) is 0 Å². The van der Waals surface area contributed by atoms with Gasteiger partial charge in [0.05, 0.1) is 6.10 Å². The first-order valence-electron chi connectivity index (χ1n) is 11.6. The summed E-state index contributed by atoms with van der Waals surface area (Å²) in [4.78, 5) is 27.2. The zero-order chi connectivity index (χ0) is 23.8. The Balaban J connectivity index is 1.56. The summed E-state index contributed by atoms with van der Waals surface area (Å²) in [6.45, 7) is 7.60. The molecule has 8 nitrogen and oxygen atoms in total. The Morgan fingerprint density at radius 3 is 2.67 bits per heavy atom. The first kappa shape index (κ1) is 25.1. The lowest BCUT2D eigenvalue weighted by molar-refractivity contribution is -0.124. The van der Waals surface area contributed by atoms with Crippen LogP contribution in [0.25, 0.3) is 0 Å². The molecule has 0 aliphatic carbocycles. The first-order chi connectivity index (χ1) is 15.9. The summed E-state index contributed by atoms with van der Waals surface area (Å²) >= 11 is 0. The molecule has 1 aromatic rings. The van der Waals surface area contributed by atoms with Crippen molar-refractivity contribution in [3.63, 3.8) is 0 Å². The fourth-order valence-corrected chi connectivity index (χ4v) is 4.52. The maximum atomic E-state index is 13.0. The molecule has 1 N–H and O–H groups in total. The van der Waals surface area contributed by atoms with Crippen molar-refractivity contribution in [2.45, 2.75) is 38.0 Å². The van der Waals surface area contributed by atoms with Crippen molar-refractivity contribution in [1.82, 2.24) is 14.7 Å². The third-order valence-electron chi connectivity index (χ3n) is 6.50. The van der Waals surface area contributed by atoms with Gasteiger partial charge < -0.3 is 19.6 Å². The first-order valence-corrected chi connectivity index (χ1v) is 11.6. The monoisotopic (exact) mass is 455 g/mol. The van der Waals surface area contributed by atoms with E-state index in [0.29, 0.717) is 12.4 Å². The summed E-state index contributed by atoms with van der Waals surface area (Å²) in [7, 11) is 5.24. The molecule has 0 unspecified atom stereocenters. The number of aliphatic imine (C=N–C) groups is 2. The quantitative estimate of drug-likeness (QED) is 0.572. The van der Waals surface area contributed by atoms with Gasteiger partial charge in [0.25, 0.3) is 5.91 Å². The lowest BCUT2D eigenvalue weighted by Gasteiger charge is -2.33. The molecule has 2 aliphatic heterocycles. The van der Waals surface area contributed by atoms with Crippen LogP contribution in [-0.2, 0) is 22.5 Å². The van der Waals surface area contributed by atoms with E-state index in [1.54, 1.807) is 20.2 Å². The Kier molecular flexibility index (Phi) is 9.17. The normalized spacial score (nSPS) is 19.0. The molecule has 180 valence electrons. The molecular weight excluding hydrogens is 418 g/mol. The Labute approximate surface area is 197 Å². The van der Waals surface area contributed by atoms with Gasteiger partial charge in [-0.2, -0.15) is 0 Å². The molecular formula is C25H37N5O3. The highest BCUT2D eigenvalue weighted by Crippen LogP contribution is 2.19. The number of carbonyl (C=O) groups excluding carboxylic acids is 1. The van der Waals surface area contributed by atoms with Gasteiger partial charge in [-0.3, -0.25) is 14.7 Å². The Morgan fingerprint density at radius 2 is 2.00 bits per heavy atom. The summed E-state index contributed by atoms with van der Waals surface area (Å²) in [5, 5.41) is 10.7. The number of hydrogen-bond acceptors (Lipinski definition) is 7. The average Bonchev–Trinajstić information content (AvgIpc) is 2.84. The van der Waals surface area contributed by atoms with Gasteiger partial charge in [-0.1, -0.05) is 24.3 Å².